The molecule has 0 amide bonds. The first-order valence-electron chi connectivity index (χ1n) is 5.15. The van der Waals surface area contributed by atoms with Crippen molar-refractivity contribution >= 4 is 23.0 Å². The van der Waals surface area contributed by atoms with Crippen molar-refractivity contribution in [3.8, 4) is 0 Å². The number of nitrogens with two attached hydrogens (primary N) is 1. The molecule has 0 aliphatic heterocycles. The molecule has 0 spiro atoms. The number of imidazole rings is 1. The van der Waals surface area contributed by atoms with Gasteiger partial charge in [0.1, 0.15) is 10.7 Å². The van der Waals surface area contributed by atoms with Gasteiger partial charge in [-0.05, 0) is 11.4 Å². The second-order valence-electron chi connectivity index (χ2n) is 3.55. The van der Waals surface area contributed by atoms with Crippen LogP contribution in [0.5, 0.6) is 0 Å². The SMILES string of the molecule is Cn1ccnc1CCOC(=O)c1sccc1N. The van der Waals surface area contributed by atoms with Crippen molar-refractivity contribution in [2.45, 2.75) is 6.42 Å². The van der Waals surface area contributed by atoms with Gasteiger partial charge in [-0.15, -0.1) is 11.3 Å². The minimum Gasteiger partial charge on any atom is -0.461 e. The van der Waals surface area contributed by atoms with Crippen LogP contribution in [0.15, 0.2) is 23.8 Å². The number of anilines is 1. The van der Waals surface area contributed by atoms with E-state index in [1.165, 1.54) is 11.3 Å². The van der Waals surface area contributed by atoms with E-state index in [4.69, 9.17) is 10.5 Å². The van der Waals surface area contributed by atoms with Gasteiger partial charge in [-0.3, -0.25) is 0 Å². The van der Waals surface area contributed by atoms with E-state index in [2.05, 4.69) is 4.98 Å². The molecule has 0 atom stereocenters. The second kappa shape index (κ2) is 5.01. The molecular weight excluding hydrogens is 238 g/mol. The first kappa shape index (κ1) is 11.7. The topological polar surface area (TPSA) is 70.1 Å². The summed E-state index contributed by atoms with van der Waals surface area (Å²) in [5, 5.41) is 1.77. The fraction of sp³-hybridized carbons (Fsp3) is 0.273. The third-order valence-electron chi connectivity index (χ3n) is 2.36. The molecular formula is C11H13N3O2S. The zero-order chi connectivity index (χ0) is 12.3. The predicted octanol–water partition coefficient (Wildman–Crippen LogP) is 1.46. The largest absolute Gasteiger partial charge is 0.461 e. The molecule has 0 saturated carbocycles. The van der Waals surface area contributed by atoms with Crippen molar-refractivity contribution in [3.05, 3.63) is 34.5 Å². The van der Waals surface area contributed by atoms with Crippen LogP contribution in [0, 0.1) is 0 Å². The minimum absolute atomic E-state index is 0.307. The van der Waals surface area contributed by atoms with Crippen molar-refractivity contribution in [2.24, 2.45) is 7.05 Å². The van der Waals surface area contributed by atoms with Crippen LogP contribution in [0.25, 0.3) is 0 Å². The third-order valence-corrected chi connectivity index (χ3v) is 3.27. The molecule has 2 rings (SSSR count). The lowest BCUT2D eigenvalue weighted by Gasteiger charge is -2.04. The number of hydrogen-bond acceptors (Lipinski definition) is 5. The zero-order valence-corrected chi connectivity index (χ0v) is 10.2. The summed E-state index contributed by atoms with van der Waals surface area (Å²) in [6, 6.07) is 1.69. The van der Waals surface area contributed by atoms with Crippen molar-refractivity contribution in [1.29, 1.82) is 0 Å². The molecule has 0 radical (unpaired) electrons. The Balaban J connectivity index is 1.86. The van der Waals surface area contributed by atoms with Crippen molar-refractivity contribution in [3.63, 3.8) is 0 Å². The summed E-state index contributed by atoms with van der Waals surface area (Å²) in [6.07, 6.45) is 4.17. The van der Waals surface area contributed by atoms with Crippen molar-refractivity contribution in [2.75, 3.05) is 12.3 Å². The van der Waals surface area contributed by atoms with Crippen LogP contribution in [-0.4, -0.2) is 22.1 Å². The Labute approximate surface area is 103 Å². The van der Waals surface area contributed by atoms with Gasteiger partial charge in [-0.25, -0.2) is 9.78 Å². The predicted molar refractivity (Wildman–Crippen MR) is 65.9 cm³/mol. The van der Waals surface area contributed by atoms with Crippen LogP contribution in [0.1, 0.15) is 15.5 Å². The maximum absolute atomic E-state index is 11.6. The summed E-state index contributed by atoms with van der Waals surface area (Å²) in [6.45, 7) is 0.307. The van der Waals surface area contributed by atoms with Gasteiger partial charge in [0.25, 0.3) is 0 Å². The van der Waals surface area contributed by atoms with E-state index in [9.17, 15) is 4.79 Å². The van der Waals surface area contributed by atoms with E-state index in [1.807, 2.05) is 17.8 Å². The molecule has 2 N–H and O–H groups in total. The van der Waals surface area contributed by atoms with Crippen LogP contribution in [-0.2, 0) is 18.2 Å². The van der Waals surface area contributed by atoms with Crippen LogP contribution in [0.4, 0.5) is 5.69 Å². The van der Waals surface area contributed by atoms with Crippen molar-refractivity contribution < 1.29 is 9.53 Å². The average molecular weight is 251 g/mol. The van der Waals surface area contributed by atoms with E-state index >= 15 is 0 Å². The molecule has 2 heterocycles. The van der Waals surface area contributed by atoms with Crippen LogP contribution >= 0.6 is 11.3 Å². The van der Waals surface area contributed by atoms with Gasteiger partial charge in [-0.1, -0.05) is 0 Å². The van der Waals surface area contributed by atoms with Gasteiger partial charge in [0, 0.05) is 25.9 Å². The van der Waals surface area contributed by atoms with Gasteiger partial charge >= 0.3 is 5.97 Å². The Kier molecular flexibility index (Phi) is 3.43. The number of nitrogens with zero attached hydrogens (tertiary/aromatic N) is 2. The summed E-state index contributed by atoms with van der Waals surface area (Å²) >= 11 is 1.29. The van der Waals surface area contributed by atoms with Gasteiger partial charge in [0.2, 0.25) is 0 Å². The number of hydrogen-bond donors (Lipinski definition) is 1. The second-order valence-corrected chi connectivity index (χ2v) is 4.46. The highest BCUT2D eigenvalue weighted by molar-refractivity contribution is 7.12. The van der Waals surface area contributed by atoms with Crippen LogP contribution < -0.4 is 5.73 Å². The summed E-state index contributed by atoms with van der Waals surface area (Å²) in [4.78, 5) is 16.2. The highest BCUT2D eigenvalue weighted by Crippen LogP contribution is 2.19. The highest BCUT2D eigenvalue weighted by atomic mass is 32.1. The third kappa shape index (κ3) is 2.65. The lowest BCUT2D eigenvalue weighted by Crippen LogP contribution is -2.10. The van der Waals surface area contributed by atoms with E-state index in [0.29, 0.717) is 23.6 Å². The van der Waals surface area contributed by atoms with E-state index in [1.54, 1.807) is 17.6 Å². The smallest absolute Gasteiger partial charge is 0.350 e. The van der Waals surface area contributed by atoms with E-state index in [0.717, 1.165) is 5.82 Å². The molecule has 0 aliphatic rings. The summed E-state index contributed by atoms with van der Waals surface area (Å²) in [7, 11) is 1.90. The number of rotatable bonds is 4. The lowest BCUT2D eigenvalue weighted by atomic mass is 10.4. The zero-order valence-electron chi connectivity index (χ0n) is 9.42. The van der Waals surface area contributed by atoms with Crippen LogP contribution in [0.3, 0.4) is 0 Å². The maximum Gasteiger partial charge on any atom is 0.350 e. The molecule has 0 unspecified atom stereocenters. The number of ether oxygens (including phenoxy) is 1. The van der Waals surface area contributed by atoms with Gasteiger partial charge < -0.3 is 15.0 Å². The molecule has 0 bridgehead atoms. The molecule has 5 nitrogen and oxygen atoms in total. The molecule has 90 valence electrons. The Morgan fingerprint density at radius 3 is 3.06 bits per heavy atom. The first-order chi connectivity index (χ1) is 8.18. The fourth-order valence-electron chi connectivity index (χ4n) is 1.42. The van der Waals surface area contributed by atoms with Crippen LogP contribution in [0.2, 0.25) is 0 Å². The minimum atomic E-state index is -0.369. The fourth-order valence-corrected chi connectivity index (χ4v) is 2.13. The maximum atomic E-state index is 11.6. The highest BCUT2D eigenvalue weighted by Gasteiger charge is 2.12. The number of aryl methyl sites for hydroxylation is 1. The number of carbonyl (C=O) groups excluding carboxylic acids is 1. The number of esters is 1. The number of nitrogen functional groups attached to an aromatic ring is 1. The molecule has 0 aromatic carbocycles. The Morgan fingerprint density at radius 2 is 2.47 bits per heavy atom. The Morgan fingerprint density at radius 1 is 1.65 bits per heavy atom. The molecule has 0 saturated heterocycles. The van der Waals surface area contributed by atoms with E-state index < -0.39 is 0 Å². The number of carbonyl (C=O) groups is 1. The lowest BCUT2D eigenvalue weighted by molar-refractivity contribution is 0.0514. The number of aromatic nitrogens is 2. The quantitative estimate of drug-likeness (QED) is 0.835. The first-order valence-corrected chi connectivity index (χ1v) is 6.02. The molecule has 17 heavy (non-hydrogen) atoms. The molecule has 2 aromatic heterocycles. The molecule has 0 aliphatic carbocycles. The van der Waals surface area contributed by atoms with E-state index in [-0.39, 0.29) is 5.97 Å². The summed E-state index contributed by atoms with van der Waals surface area (Å²) < 4.78 is 7.03. The normalized spacial score (nSPS) is 10.4. The van der Waals surface area contributed by atoms with Gasteiger partial charge in [0.05, 0.1) is 12.3 Å². The molecule has 6 heteroatoms. The Hall–Kier alpha value is -1.82. The summed E-state index contributed by atoms with van der Waals surface area (Å²) in [5.41, 5.74) is 6.09. The monoisotopic (exact) mass is 251 g/mol. The molecule has 2 aromatic rings. The number of thiophene rings is 1. The van der Waals surface area contributed by atoms with Gasteiger partial charge in [0.15, 0.2) is 0 Å². The summed E-state index contributed by atoms with van der Waals surface area (Å²) in [5.74, 6) is 0.517. The van der Waals surface area contributed by atoms with Gasteiger partial charge in [-0.2, -0.15) is 0 Å². The molecule has 0 fully saturated rings. The Bertz CT molecular complexity index is 518. The standard InChI is InChI=1S/C11H13N3O2S/c1-14-5-4-13-9(14)2-6-16-11(15)10-8(12)3-7-17-10/h3-5,7H,2,6,12H2,1H3. The van der Waals surface area contributed by atoms with Crippen molar-refractivity contribution in [1.82, 2.24) is 9.55 Å². The average Bonchev–Trinajstić information content (AvgIpc) is 2.88.